The second-order valence-electron chi connectivity index (χ2n) is 5.21. The Morgan fingerprint density at radius 1 is 1.29 bits per heavy atom. The fourth-order valence-electron chi connectivity index (χ4n) is 1.82. The SMILES string of the molecule is CCNC(=NCCCOCC(F)(F)F)NCCc1nc(C)c(C)s1. The van der Waals surface area contributed by atoms with Crippen LogP contribution in [0, 0.1) is 13.8 Å². The summed E-state index contributed by atoms with van der Waals surface area (Å²) in [5.74, 6) is 0.651. The topological polar surface area (TPSA) is 58.5 Å². The minimum absolute atomic E-state index is 0.0418. The molecule has 0 fully saturated rings. The number of nitrogens with zero attached hydrogens (tertiary/aromatic N) is 2. The van der Waals surface area contributed by atoms with E-state index in [1.54, 1.807) is 11.3 Å². The molecule has 138 valence electrons. The molecule has 0 amide bonds. The van der Waals surface area contributed by atoms with Gasteiger partial charge in [0.15, 0.2) is 5.96 Å². The van der Waals surface area contributed by atoms with Crippen LogP contribution in [0.3, 0.4) is 0 Å². The molecule has 0 radical (unpaired) electrons. The molecule has 0 spiro atoms. The second kappa shape index (κ2) is 10.5. The summed E-state index contributed by atoms with van der Waals surface area (Å²) in [7, 11) is 0. The average Bonchev–Trinajstić information content (AvgIpc) is 2.80. The molecule has 24 heavy (non-hydrogen) atoms. The van der Waals surface area contributed by atoms with Crippen LogP contribution in [0.1, 0.15) is 28.9 Å². The van der Waals surface area contributed by atoms with E-state index in [1.165, 1.54) is 4.88 Å². The van der Waals surface area contributed by atoms with Crippen LogP contribution in [-0.4, -0.2) is 50.0 Å². The van der Waals surface area contributed by atoms with Gasteiger partial charge in [-0.25, -0.2) is 4.98 Å². The zero-order valence-electron chi connectivity index (χ0n) is 14.3. The fourth-order valence-corrected chi connectivity index (χ4v) is 2.75. The Balaban J connectivity index is 2.26. The van der Waals surface area contributed by atoms with Crippen molar-refractivity contribution >= 4 is 17.3 Å². The first-order chi connectivity index (χ1) is 11.3. The lowest BCUT2D eigenvalue weighted by Gasteiger charge is -2.11. The van der Waals surface area contributed by atoms with Gasteiger partial charge in [0.1, 0.15) is 6.61 Å². The van der Waals surface area contributed by atoms with Gasteiger partial charge in [-0.1, -0.05) is 0 Å². The normalized spacial score (nSPS) is 12.5. The van der Waals surface area contributed by atoms with Gasteiger partial charge in [-0.2, -0.15) is 13.2 Å². The number of aromatic nitrogens is 1. The average molecular weight is 366 g/mol. The number of aryl methyl sites for hydroxylation is 2. The van der Waals surface area contributed by atoms with E-state index in [0.29, 0.717) is 32.0 Å². The van der Waals surface area contributed by atoms with E-state index in [9.17, 15) is 13.2 Å². The van der Waals surface area contributed by atoms with E-state index >= 15 is 0 Å². The van der Waals surface area contributed by atoms with Gasteiger partial charge in [0.25, 0.3) is 0 Å². The van der Waals surface area contributed by atoms with Crippen molar-refractivity contribution in [1.29, 1.82) is 0 Å². The number of ether oxygens (including phenoxy) is 1. The van der Waals surface area contributed by atoms with Crippen molar-refractivity contribution in [2.24, 2.45) is 4.99 Å². The van der Waals surface area contributed by atoms with Gasteiger partial charge in [-0.3, -0.25) is 4.99 Å². The van der Waals surface area contributed by atoms with Crippen molar-refractivity contribution in [1.82, 2.24) is 15.6 Å². The highest BCUT2D eigenvalue weighted by atomic mass is 32.1. The molecule has 0 aliphatic carbocycles. The lowest BCUT2D eigenvalue weighted by Crippen LogP contribution is -2.38. The van der Waals surface area contributed by atoms with Crippen molar-refractivity contribution in [3.8, 4) is 0 Å². The Hall–Kier alpha value is -1.35. The molecule has 9 heteroatoms. The number of halogens is 3. The zero-order valence-corrected chi connectivity index (χ0v) is 15.1. The van der Waals surface area contributed by atoms with Gasteiger partial charge in [-0.05, 0) is 27.2 Å². The largest absolute Gasteiger partial charge is 0.411 e. The van der Waals surface area contributed by atoms with Crippen molar-refractivity contribution < 1.29 is 17.9 Å². The maximum Gasteiger partial charge on any atom is 0.411 e. The smallest absolute Gasteiger partial charge is 0.372 e. The molecule has 0 saturated heterocycles. The lowest BCUT2D eigenvalue weighted by atomic mass is 10.4. The van der Waals surface area contributed by atoms with Crippen LogP contribution >= 0.6 is 11.3 Å². The standard InChI is InChI=1S/C15H25F3N4OS/c1-4-19-14(20-7-5-9-23-10-15(16,17)18)21-8-6-13-22-11(2)12(3)24-13/h4-10H2,1-3H3,(H2,19,20,21). The summed E-state index contributed by atoms with van der Waals surface area (Å²) in [6.07, 6.45) is -3.03. The molecule has 1 rings (SSSR count). The molecule has 5 nitrogen and oxygen atoms in total. The predicted molar refractivity (Wildman–Crippen MR) is 90.8 cm³/mol. The Kier molecular flexibility index (Phi) is 9.05. The molecule has 0 aromatic carbocycles. The first-order valence-electron chi connectivity index (χ1n) is 7.91. The number of thiazole rings is 1. The second-order valence-corrected chi connectivity index (χ2v) is 6.50. The molecular weight excluding hydrogens is 341 g/mol. The third-order valence-corrected chi connectivity index (χ3v) is 4.16. The molecule has 0 unspecified atom stereocenters. The molecule has 2 N–H and O–H groups in total. The first kappa shape index (κ1) is 20.7. The van der Waals surface area contributed by atoms with Crippen LogP contribution in [0.5, 0.6) is 0 Å². The highest BCUT2D eigenvalue weighted by Gasteiger charge is 2.27. The predicted octanol–water partition coefficient (Wildman–Crippen LogP) is 2.83. The van der Waals surface area contributed by atoms with Crippen LogP contribution in [0.4, 0.5) is 13.2 Å². The summed E-state index contributed by atoms with van der Waals surface area (Å²) in [5.41, 5.74) is 1.06. The van der Waals surface area contributed by atoms with E-state index in [2.05, 4.69) is 32.3 Å². The first-order valence-corrected chi connectivity index (χ1v) is 8.73. The van der Waals surface area contributed by atoms with Gasteiger partial charge < -0.3 is 15.4 Å². The Bertz CT molecular complexity index is 498. The highest BCUT2D eigenvalue weighted by molar-refractivity contribution is 7.11. The van der Waals surface area contributed by atoms with Crippen LogP contribution < -0.4 is 10.6 Å². The van der Waals surface area contributed by atoms with E-state index in [4.69, 9.17) is 0 Å². The molecule has 0 aliphatic heterocycles. The van der Waals surface area contributed by atoms with E-state index in [0.717, 1.165) is 17.1 Å². The summed E-state index contributed by atoms with van der Waals surface area (Å²) >= 11 is 1.69. The summed E-state index contributed by atoms with van der Waals surface area (Å²) < 4.78 is 40.3. The van der Waals surface area contributed by atoms with Gasteiger partial charge in [0, 0.05) is 37.5 Å². The molecule has 1 heterocycles. The molecule has 0 bridgehead atoms. The van der Waals surface area contributed by atoms with Crippen LogP contribution in [0.2, 0.25) is 0 Å². The van der Waals surface area contributed by atoms with Gasteiger partial charge in [0.2, 0.25) is 0 Å². The minimum atomic E-state index is -4.27. The summed E-state index contributed by atoms with van der Waals surface area (Å²) in [4.78, 5) is 10.0. The number of rotatable bonds is 9. The molecule has 0 atom stereocenters. The van der Waals surface area contributed by atoms with Gasteiger partial charge in [-0.15, -0.1) is 11.3 Å². The third-order valence-electron chi connectivity index (χ3n) is 3.03. The van der Waals surface area contributed by atoms with Crippen molar-refractivity contribution in [2.75, 3.05) is 32.8 Å². The van der Waals surface area contributed by atoms with E-state index < -0.39 is 12.8 Å². The number of nitrogens with one attached hydrogen (secondary N) is 2. The Labute approximate surface area is 144 Å². The monoisotopic (exact) mass is 366 g/mol. The van der Waals surface area contributed by atoms with Crippen molar-refractivity contribution in [3.05, 3.63) is 15.6 Å². The Morgan fingerprint density at radius 3 is 2.62 bits per heavy atom. The van der Waals surface area contributed by atoms with Crippen molar-refractivity contribution in [2.45, 2.75) is 39.8 Å². The number of aliphatic imine (C=N–C) groups is 1. The molecule has 1 aromatic rings. The van der Waals surface area contributed by atoms with Crippen LogP contribution in [0.15, 0.2) is 4.99 Å². The van der Waals surface area contributed by atoms with Gasteiger partial charge in [0.05, 0.1) is 10.7 Å². The minimum Gasteiger partial charge on any atom is -0.372 e. The van der Waals surface area contributed by atoms with Crippen LogP contribution in [0.25, 0.3) is 0 Å². The Morgan fingerprint density at radius 2 is 2.04 bits per heavy atom. The molecule has 0 aliphatic rings. The number of hydrogen-bond acceptors (Lipinski definition) is 4. The lowest BCUT2D eigenvalue weighted by molar-refractivity contribution is -0.173. The molecule has 1 aromatic heterocycles. The molecule has 0 saturated carbocycles. The van der Waals surface area contributed by atoms with Crippen molar-refractivity contribution in [3.63, 3.8) is 0 Å². The summed E-state index contributed by atoms with van der Waals surface area (Å²) in [6.45, 7) is 6.65. The summed E-state index contributed by atoms with van der Waals surface area (Å²) in [5, 5.41) is 7.38. The number of alkyl halides is 3. The number of guanidine groups is 1. The maximum atomic E-state index is 11.9. The number of hydrogen-bond donors (Lipinski definition) is 2. The van der Waals surface area contributed by atoms with E-state index in [1.807, 2.05) is 13.8 Å². The zero-order chi connectivity index (χ0) is 18.0. The van der Waals surface area contributed by atoms with Gasteiger partial charge >= 0.3 is 6.18 Å². The molecular formula is C15H25F3N4OS. The third kappa shape index (κ3) is 9.07. The highest BCUT2D eigenvalue weighted by Crippen LogP contribution is 2.16. The maximum absolute atomic E-state index is 11.9. The fraction of sp³-hybridized carbons (Fsp3) is 0.733. The van der Waals surface area contributed by atoms with E-state index in [-0.39, 0.29) is 6.61 Å². The quantitative estimate of drug-likeness (QED) is 0.401. The summed E-state index contributed by atoms with van der Waals surface area (Å²) in [6, 6.07) is 0. The van der Waals surface area contributed by atoms with Crippen LogP contribution in [-0.2, 0) is 11.2 Å².